The molecular formula is C44H28I4N4. The molecular weight excluding hydrogens is 1090 g/mol. The first-order valence-electron chi connectivity index (χ1n) is 16.7. The summed E-state index contributed by atoms with van der Waals surface area (Å²) in [7, 11) is 0. The summed E-state index contributed by atoms with van der Waals surface area (Å²) in [4.78, 5) is 15.5. The van der Waals surface area contributed by atoms with E-state index in [1.807, 2.05) is 0 Å². The maximum absolute atomic E-state index is 3.88. The Hall–Kier alpha value is -3.60. The van der Waals surface area contributed by atoms with E-state index in [2.05, 4.69) is 256 Å². The second kappa shape index (κ2) is 14.3. The highest BCUT2D eigenvalue weighted by Crippen LogP contribution is 2.29. The first kappa shape index (κ1) is 34.2. The van der Waals surface area contributed by atoms with Crippen LogP contribution < -0.4 is 21.4 Å². The van der Waals surface area contributed by atoms with Crippen molar-refractivity contribution in [3.63, 3.8) is 0 Å². The molecule has 0 spiro atoms. The lowest BCUT2D eigenvalue weighted by atomic mass is 10.0. The monoisotopic (exact) mass is 1120 g/mol. The first-order chi connectivity index (χ1) is 25.4. The molecule has 0 radical (unpaired) electrons. The van der Waals surface area contributed by atoms with E-state index in [4.69, 9.17) is 0 Å². The minimum atomic E-state index is 1.04. The Bertz CT molecular complexity index is 2460. The lowest BCUT2D eigenvalue weighted by Crippen LogP contribution is -2.19. The Balaban J connectivity index is 1.43. The van der Waals surface area contributed by atoms with Gasteiger partial charge >= 0.3 is 0 Å². The SMILES string of the molecule is Ic1ccc(C2=c3ccc([nH]3)=C(c3ccc(I)cc3)c3ccc([nH]3)C(c3ccc(I)cc3)=c3ccc([nH]3)=C(c3ccc(I)cc3)c3ccc2[nH]3)cc1. The molecule has 0 fully saturated rings. The van der Waals surface area contributed by atoms with Crippen molar-refractivity contribution in [3.8, 4) is 0 Å². The maximum atomic E-state index is 3.88. The third-order valence-electron chi connectivity index (χ3n) is 9.43. The van der Waals surface area contributed by atoms with Gasteiger partial charge in [0.1, 0.15) is 0 Å². The number of hydrogen-bond acceptors (Lipinski definition) is 0. The Labute approximate surface area is 354 Å². The van der Waals surface area contributed by atoms with Gasteiger partial charge in [-0.2, -0.15) is 0 Å². The normalized spacial score (nSPS) is 12.8. The number of fused-ring (bicyclic) bond motifs is 8. The molecule has 4 aromatic carbocycles. The van der Waals surface area contributed by atoms with Gasteiger partial charge in [0.05, 0.1) is 0 Å². The van der Waals surface area contributed by atoms with E-state index in [0.29, 0.717) is 0 Å². The number of halogens is 4. The number of aromatic amines is 4. The standard InChI is InChI=1S/C44H28I4N4/c45-29-9-1-25(2-10-29)41-33-17-19-35(49-33)42(26-3-11-30(46)12-4-26)37-21-23-39(51-37)44(28-7-15-32(48)16-8-28)40-24-22-38(52-40)43(36-20-18-34(41)50-36)27-5-13-31(47)14-6-27/h1-24,49-52H. The van der Waals surface area contributed by atoms with E-state index in [-0.39, 0.29) is 0 Å². The van der Waals surface area contributed by atoms with Crippen molar-refractivity contribution in [2.75, 3.05) is 0 Å². The van der Waals surface area contributed by atoms with Crippen LogP contribution in [0.2, 0.25) is 0 Å². The molecule has 1 aliphatic rings. The van der Waals surface area contributed by atoms with Gasteiger partial charge in [0.15, 0.2) is 0 Å². The summed E-state index contributed by atoms with van der Waals surface area (Å²) in [6.07, 6.45) is 0. The van der Waals surface area contributed by atoms with E-state index < -0.39 is 0 Å². The van der Waals surface area contributed by atoms with Crippen molar-refractivity contribution in [1.29, 1.82) is 0 Å². The van der Waals surface area contributed by atoms with E-state index >= 15 is 0 Å². The molecule has 4 nitrogen and oxygen atoms in total. The van der Waals surface area contributed by atoms with E-state index in [9.17, 15) is 0 Å². The predicted octanol–water partition coefficient (Wildman–Crippen LogP) is 8.72. The van der Waals surface area contributed by atoms with Gasteiger partial charge in [0.25, 0.3) is 0 Å². The third kappa shape index (κ3) is 6.60. The van der Waals surface area contributed by atoms with Crippen LogP contribution in [-0.2, 0) is 0 Å². The molecule has 0 unspecified atom stereocenters. The molecule has 8 bridgehead atoms. The summed E-state index contributed by atoms with van der Waals surface area (Å²) in [6.45, 7) is 0. The van der Waals surface area contributed by atoms with Gasteiger partial charge in [0, 0.05) is 80.7 Å². The Kier molecular flexibility index (Phi) is 9.42. The van der Waals surface area contributed by atoms with Gasteiger partial charge < -0.3 is 19.9 Å². The molecule has 0 amide bonds. The summed E-state index contributed by atoms with van der Waals surface area (Å²) in [6, 6.07) is 52.7. The highest BCUT2D eigenvalue weighted by molar-refractivity contribution is 14.1. The number of H-pyrrole nitrogens is 4. The second-order valence-corrected chi connectivity index (χ2v) is 17.7. The van der Waals surface area contributed by atoms with Crippen LogP contribution in [0.4, 0.5) is 0 Å². The van der Waals surface area contributed by atoms with Crippen LogP contribution in [0.1, 0.15) is 45.0 Å². The van der Waals surface area contributed by atoms with Crippen LogP contribution in [0.15, 0.2) is 146 Å². The topological polar surface area (TPSA) is 63.2 Å². The van der Waals surface area contributed by atoms with Crippen molar-refractivity contribution < 1.29 is 0 Å². The number of benzene rings is 4. The average Bonchev–Trinajstić information content (AvgIpc) is 3.99. The summed E-state index contributed by atoms with van der Waals surface area (Å²) >= 11 is 9.50. The van der Waals surface area contributed by atoms with Crippen LogP contribution in [0.5, 0.6) is 0 Å². The molecule has 9 rings (SSSR count). The van der Waals surface area contributed by atoms with Gasteiger partial charge in [0.2, 0.25) is 0 Å². The van der Waals surface area contributed by atoms with Crippen molar-refractivity contribution in [2.24, 2.45) is 0 Å². The minimum Gasteiger partial charge on any atom is -0.354 e. The quantitative estimate of drug-likeness (QED) is 0.128. The Morgan fingerprint density at radius 1 is 0.231 bits per heavy atom. The lowest BCUT2D eigenvalue weighted by Gasteiger charge is -2.10. The smallest absolute Gasteiger partial charge is 0.0485 e. The van der Waals surface area contributed by atoms with Crippen LogP contribution >= 0.6 is 90.4 Å². The Morgan fingerprint density at radius 2 is 0.442 bits per heavy atom. The van der Waals surface area contributed by atoms with Crippen LogP contribution in [-0.4, -0.2) is 19.9 Å². The molecule has 52 heavy (non-hydrogen) atoms. The fourth-order valence-corrected chi connectivity index (χ4v) is 8.48. The summed E-state index contributed by atoms with van der Waals surface area (Å²) in [5.74, 6) is 0. The largest absolute Gasteiger partial charge is 0.354 e. The number of rotatable bonds is 4. The van der Waals surface area contributed by atoms with Crippen LogP contribution in [0.25, 0.3) is 22.3 Å². The van der Waals surface area contributed by atoms with Gasteiger partial charge in [-0.15, -0.1) is 0 Å². The zero-order valence-electron chi connectivity index (χ0n) is 27.4. The molecule has 252 valence electrons. The van der Waals surface area contributed by atoms with Crippen LogP contribution in [0, 0.1) is 14.3 Å². The van der Waals surface area contributed by atoms with Crippen molar-refractivity contribution in [3.05, 3.63) is 226 Å². The molecule has 4 aromatic heterocycles. The van der Waals surface area contributed by atoms with E-state index in [1.165, 1.54) is 14.3 Å². The van der Waals surface area contributed by atoms with E-state index in [1.54, 1.807) is 0 Å². The van der Waals surface area contributed by atoms with Gasteiger partial charge in [-0.3, -0.25) is 0 Å². The van der Waals surface area contributed by atoms with Crippen molar-refractivity contribution in [2.45, 2.75) is 0 Å². The third-order valence-corrected chi connectivity index (χ3v) is 12.3. The fraction of sp³-hybridized carbons (Fsp3) is 0. The van der Waals surface area contributed by atoms with Gasteiger partial charge in [-0.25, -0.2) is 0 Å². The predicted molar refractivity (Wildman–Crippen MR) is 245 cm³/mol. The zero-order chi connectivity index (χ0) is 35.3. The van der Waals surface area contributed by atoms with E-state index in [0.717, 1.165) is 88.7 Å². The molecule has 8 heteroatoms. The highest BCUT2D eigenvalue weighted by atomic mass is 127. The molecule has 4 N–H and O–H groups in total. The lowest BCUT2D eigenvalue weighted by molar-refractivity contribution is 1.19. The summed E-state index contributed by atoms with van der Waals surface area (Å²) in [5.41, 5.74) is 13.1. The molecule has 8 aromatic rings. The molecule has 1 aliphatic heterocycles. The molecule has 0 atom stereocenters. The Morgan fingerprint density at radius 3 is 0.654 bits per heavy atom. The minimum absolute atomic E-state index is 1.04. The summed E-state index contributed by atoms with van der Waals surface area (Å²) < 4.78 is 4.80. The van der Waals surface area contributed by atoms with Crippen LogP contribution in [0.3, 0.4) is 0 Å². The molecule has 0 saturated heterocycles. The molecule has 0 aliphatic carbocycles. The van der Waals surface area contributed by atoms with Gasteiger partial charge in [-0.05, 0) is 210 Å². The summed E-state index contributed by atoms with van der Waals surface area (Å²) in [5, 5.41) is 4.15. The highest BCUT2D eigenvalue weighted by Gasteiger charge is 2.18. The number of nitrogens with one attached hydrogen (secondary N) is 4. The fourth-order valence-electron chi connectivity index (χ4n) is 7.04. The average molecular weight is 1120 g/mol. The molecule has 5 heterocycles. The number of hydrogen-bond donors (Lipinski definition) is 4. The van der Waals surface area contributed by atoms with Gasteiger partial charge in [-0.1, -0.05) is 48.5 Å². The van der Waals surface area contributed by atoms with Crippen molar-refractivity contribution >= 4 is 113 Å². The van der Waals surface area contributed by atoms with Crippen molar-refractivity contribution in [1.82, 2.24) is 19.9 Å². The zero-order valence-corrected chi connectivity index (χ0v) is 36.0. The molecule has 0 saturated carbocycles. The maximum Gasteiger partial charge on any atom is 0.0485 e. The first-order valence-corrected chi connectivity index (χ1v) is 21.0. The number of aromatic nitrogens is 4. The second-order valence-electron chi connectivity index (χ2n) is 12.7.